The number of aromatic nitrogens is 2. The molecule has 0 aliphatic heterocycles. The summed E-state index contributed by atoms with van der Waals surface area (Å²) in [5, 5.41) is 10.3. The molecule has 1 atom stereocenters. The van der Waals surface area contributed by atoms with Crippen LogP contribution in [0.15, 0.2) is 35.4 Å². The Morgan fingerprint density at radius 2 is 1.90 bits per heavy atom. The zero-order chi connectivity index (χ0) is 14.9. The summed E-state index contributed by atoms with van der Waals surface area (Å²) < 4.78 is 3.22. The summed E-state index contributed by atoms with van der Waals surface area (Å²) in [7, 11) is 0. The average molecular weight is 274 g/mol. The summed E-state index contributed by atoms with van der Waals surface area (Å²) in [5.41, 5.74) is 3.01. The number of aryl methyl sites for hydroxylation is 2. The van der Waals surface area contributed by atoms with Gasteiger partial charge in [-0.1, -0.05) is 23.8 Å². The third-order valence-corrected chi connectivity index (χ3v) is 3.58. The zero-order valence-electron chi connectivity index (χ0n) is 12.5. The molecule has 1 N–H and O–H groups in total. The minimum Gasteiger partial charge on any atom is -0.387 e. The van der Waals surface area contributed by atoms with Gasteiger partial charge in [0.2, 0.25) is 0 Å². The van der Waals surface area contributed by atoms with E-state index >= 15 is 0 Å². The Morgan fingerprint density at radius 3 is 2.45 bits per heavy atom. The molecule has 4 nitrogen and oxygen atoms in total. The van der Waals surface area contributed by atoms with Crippen molar-refractivity contribution in [3.05, 3.63) is 57.8 Å². The summed E-state index contributed by atoms with van der Waals surface area (Å²) in [6.07, 6.45) is 2.83. The number of imidazole rings is 1. The molecule has 0 aliphatic carbocycles. The third kappa shape index (κ3) is 2.85. The van der Waals surface area contributed by atoms with E-state index in [1.165, 1.54) is 5.56 Å². The van der Waals surface area contributed by atoms with Crippen molar-refractivity contribution in [1.82, 2.24) is 9.13 Å². The SMILES string of the molecule is Cc1ccc(C(O)Cn2ccn(C(C)C)c2=O)c(C)c1. The minimum absolute atomic E-state index is 0.0798. The van der Waals surface area contributed by atoms with Crippen LogP contribution in [-0.4, -0.2) is 14.2 Å². The van der Waals surface area contributed by atoms with Crippen molar-refractivity contribution in [2.24, 2.45) is 0 Å². The van der Waals surface area contributed by atoms with Crippen molar-refractivity contribution >= 4 is 0 Å². The number of benzene rings is 1. The maximum Gasteiger partial charge on any atom is 0.328 e. The smallest absolute Gasteiger partial charge is 0.328 e. The van der Waals surface area contributed by atoms with Crippen LogP contribution in [-0.2, 0) is 6.54 Å². The zero-order valence-corrected chi connectivity index (χ0v) is 12.5. The molecular weight excluding hydrogens is 252 g/mol. The quantitative estimate of drug-likeness (QED) is 0.931. The monoisotopic (exact) mass is 274 g/mol. The highest BCUT2D eigenvalue weighted by Crippen LogP contribution is 2.20. The highest BCUT2D eigenvalue weighted by molar-refractivity contribution is 5.31. The van der Waals surface area contributed by atoms with E-state index in [1.54, 1.807) is 21.5 Å². The first kappa shape index (κ1) is 14.6. The van der Waals surface area contributed by atoms with E-state index in [0.29, 0.717) is 0 Å². The van der Waals surface area contributed by atoms with Gasteiger partial charge in [-0.25, -0.2) is 4.79 Å². The van der Waals surface area contributed by atoms with E-state index in [0.717, 1.165) is 11.1 Å². The maximum absolute atomic E-state index is 12.1. The number of aliphatic hydroxyl groups excluding tert-OH is 1. The van der Waals surface area contributed by atoms with Crippen molar-refractivity contribution in [2.75, 3.05) is 0 Å². The second kappa shape index (κ2) is 5.67. The molecule has 20 heavy (non-hydrogen) atoms. The van der Waals surface area contributed by atoms with Crippen LogP contribution in [0.1, 0.15) is 42.7 Å². The van der Waals surface area contributed by atoms with E-state index in [4.69, 9.17) is 0 Å². The molecule has 1 heterocycles. The van der Waals surface area contributed by atoms with Crippen molar-refractivity contribution in [2.45, 2.75) is 46.4 Å². The van der Waals surface area contributed by atoms with Crippen LogP contribution in [0.3, 0.4) is 0 Å². The van der Waals surface area contributed by atoms with Gasteiger partial charge >= 0.3 is 5.69 Å². The van der Waals surface area contributed by atoms with Crippen LogP contribution in [0, 0.1) is 13.8 Å². The van der Waals surface area contributed by atoms with E-state index in [1.807, 2.05) is 45.9 Å². The number of aliphatic hydroxyl groups is 1. The minimum atomic E-state index is -0.670. The lowest BCUT2D eigenvalue weighted by Gasteiger charge is -2.14. The van der Waals surface area contributed by atoms with Crippen LogP contribution in [0.2, 0.25) is 0 Å². The fourth-order valence-corrected chi connectivity index (χ4v) is 2.44. The van der Waals surface area contributed by atoms with Gasteiger partial charge in [-0.05, 0) is 38.8 Å². The van der Waals surface area contributed by atoms with Gasteiger partial charge in [-0.2, -0.15) is 0 Å². The summed E-state index contributed by atoms with van der Waals surface area (Å²) in [6.45, 7) is 8.21. The summed E-state index contributed by atoms with van der Waals surface area (Å²) in [6, 6.07) is 6.08. The summed E-state index contributed by atoms with van der Waals surface area (Å²) in [5.74, 6) is 0. The normalized spacial score (nSPS) is 12.9. The maximum atomic E-state index is 12.1. The molecule has 0 bridgehead atoms. The Balaban J connectivity index is 2.24. The standard InChI is InChI=1S/C16H22N2O2/c1-11(2)18-8-7-17(16(18)20)10-15(19)14-6-5-12(3)9-13(14)4/h5-9,11,15,19H,10H2,1-4H3. The fourth-order valence-electron chi connectivity index (χ4n) is 2.44. The van der Waals surface area contributed by atoms with Crippen LogP contribution in [0.25, 0.3) is 0 Å². The summed E-state index contributed by atoms with van der Waals surface area (Å²) in [4.78, 5) is 12.1. The Morgan fingerprint density at radius 1 is 1.20 bits per heavy atom. The van der Waals surface area contributed by atoms with E-state index in [9.17, 15) is 9.90 Å². The first-order chi connectivity index (χ1) is 9.40. The van der Waals surface area contributed by atoms with Crippen LogP contribution in [0.5, 0.6) is 0 Å². The lowest BCUT2D eigenvalue weighted by Crippen LogP contribution is -2.27. The number of hydrogen-bond acceptors (Lipinski definition) is 2. The van der Waals surface area contributed by atoms with Gasteiger partial charge in [0.25, 0.3) is 0 Å². The fraction of sp³-hybridized carbons (Fsp3) is 0.438. The Hall–Kier alpha value is -1.81. The van der Waals surface area contributed by atoms with Gasteiger partial charge in [0, 0.05) is 18.4 Å². The molecule has 0 fully saturated rings. The van der Waals surface area contributed by atoms with E-state index in [2.05, 4.69) is 0 Å². The molecule has 4 heteroatoms. The molecule has 2 rings (SSSR count). The predicted octanol–water partition coefficient (Wildman–Crippen LogP) is 2.58. The largest absolute Gasteiger partial charge is 0.387 e. The number of rotatable bonds is 4. The number of hydrogen-bond donors (Lipinski definition) is 1. The molecule has 1 aromatic heterocycles. The first-order valence-electron chi connectivity index (χ1n) is 6.92. The molecule has 0 saturated heterocycles. The van der Waals surface area contributed by atoms with Crippen molar-refractivity contribution in [3.63, 3.8) is 0 Å². The van der Waals surface area contributed by atoms with Crippen molar-refractivity contribution in [3.8, 4) is 0 Å². The second-order valence-electron chi connectivity index (χ2n) is 5.61. The van der Waals surface area contributed by atoms with E-state index < -0.39 is 6.10 Å². The lowest BCUT2D eigenvalue weighted by atomic mass is 10.0. The van der Waals surface area contributed by atoms with Gasteiger partial charge in [0.05, 0.1) is 12.6 Å². The van der Waals surface area contributed by atoms with Crippen LogP contribution in [0.4, 0.5) is 0 Å². The first-order valence-corrected chi connectivity index (χ1v) is 6.92. The molecule has 108 valence electrons. The Labute approximate surface area is 119 Å². The van der Waals surface area contributed by atoms with Gasteiger partial charge in [-0.15, -0.1) is 0 Å². The lowest BCUT2D eigenvalue weighted by molar-refractivity contribution is 0.154. The van der Waals surface area contributed by atoms with Gasteiger partial charge in [0.1, 0.15) is 0 Å². The molecule has 0 radical (unpaired) electrons. The van der Waals surface area contributed by atoms with Gasteiger partial charge in [-0.3, -0.25) is 9.13 Å². The highest BCUT2D eigenvalue weighted by atomic mass is 16.3. The Bertz CT molecular complexity index is 653. The second-order valence-corrected chi connectivity index (χ2v) is 5.61. The molecule has 2 aromatic rings. The van der Waals surface area contributed by atoms with Crippen LogP contribution >= 0.6 is 0 Å². The molecular formula is C16H22N2O2. The van der Waals surface area contributed by atoms with Gasteiger partial charge in [0.15, 0.2) is 0 Å². The third-order valence-electron chi connectivity index (χ3n) is 3.58. The number of nitrogens with zero attached hydrogens (tertiary/aromatic N) is 2. The molecule has 1 aromatic carbocycles. The van der Waals surface area contributed by atoms with E-state index in [-0.39, 0.29) is 18.3 Å². The predicted molar refractivity (Wildman–Crippen MR) is 80.0 cm³/mol. The van der Waals surface area contributed by atoms with Crippen molar-refractivity contribution < 1.29 is 5.11 Å². The topological polar surface area (TPSA) is 47.2 Å². The average Bonchev–Trinajstić information content (AvgIpc) is 2.70. The Kier molecular flexibility index (Phi) is 4.14. The van der Waals surface area contributed by atoms with Crippen molar-refractivity contribution in [1.29, 1.82) is 0 Å². The molecule has 0 aliphatic rings. The molecule has 0 saturated carbocycles. The van der Waals surface area contributed by atoms with Gasteiger partial charge < -0.3 is 5.11 Å². The molecule has 0 amide bonds. The molecule has 1 unspecified atom stereocenters. The highest BCUT2D eigenvalue weighted by Gasteiger charge is 2.14. The molecule has 0 spiro atoms. The van der Waals surface area contributed by atoms with Crippen LogP contribution < -0.4 is 5.69 Å². The summed E-state index contributed by atoms with van der Waals surface area (Å²) >= 11 is 0.